The molecule has 3 aromatic carbocycles. The van der Waals surface area contributed by atoms with E-state index < -0.39 is 0 Å². The monoisotopic (exact) mass is 479 g/mol. The highest BCUT2D eigenvalue weighted by Gasteiger charge is 2.35. The Balaban J connectivity index is 1.52. The smallest absolute Gasteiger partial charge is 0.293 e. The lowest BCUT2D eigenvalue weighted by atomic mass is 10.1. The van der Waals surface area contributed by atoms with E-state index in [2.05, 4.69) is 15.9 Å². The van der Waals surface area contributed by atoms with Crippen molar-refractivity contribution >= 4 is 44.9 Å². The normalized spacial score (nSPS) is 15.1. The van der Waals surface area contributed by atoms with E-state index in [-0.39, 0.29) is 17.7 Å². The molecule has 1 aliphatic rings. The quantitative estimate of drug-likeness (QED) is 0.391. The number of hydrogen-bond acceptors (Lipinski definition) is 4. The Hall–Kier alpha value is -2.83. The van der Waals surface area contributed by atoms with Crippen LogP contribution in [0.2, 0.25) is 0 Å². The standard InChI is InChI=1S/C24H18BrNO3S/c25-20-11-6-9-18(13-20)15-26-23(27)22(30-24(26)28)14-19-10-4-5-12-21(19)29-16-17-7-2-1-3-8-17/h1-14H,15-16H2/b22-14+. The number of nitrogens with zero attached hydrogens (tertiary/aromatic N) is 1. The third-order valence-corrected chi connectivity index (χ3v) is 5.95. The van der Waals surface area contributed by atoms with Crippen LogP contribution >= 0.6 is 27.7 Å². The van der Waals surface area contributed by atoms with E-state index in [1.807, 2.05) is 78.9 Å². The molecule has 0 radical (unpaired) electrons. The molecule has 0 unspecified atom stereocenters. The average Bonchev–Trinajstić information content (AvgIpc) is 3.01. The largest absolute Gasteiger partial charge is 0.488 e. The summed E-state index contributed by atoms with van der Waals surface area (Å²) in [4.78, 5) is 27.0. The van der Waals surface area contributed by atoms with Crippen LogP contribution < -0.4 is 4.74 Å². The van der Waals surface area contributed by atoms with E-state index in [1.165, 1.54) is 4.90 Å². The molecule has 0 bridgehead atoms. The molecule has 0 spiro atoms. The van der Waals surface area contributed by atoms with Crippen molar-refractivity contribution in [2.24, 2.45) is 0 Å². The maximum absolute atomic E-state index is 12.9. The molecule has 0 N–H and O–H groups in total. The number of carbonyl (C=O) groups excluding carboxylic acids is 2. The molecule has 6 heteroatoms. The minimum Gasteiger partial charge on any atom is -0.488 e. The maximum Gasteiger partial charge on any atom is 0.293 e. The van der Waals surface area contributed by atoms with Gasteiger partial charge in [-0.15, -0.1) is 0 Å². The average molecular weight is 480 g/mol. The topological polar surface area (TPSA) is 46.6 Å². The maximum atomic E-state index is 12.9. The zero-order valence-corrected chi connectivity index (χ0v) is 18.4. The molecule has 0 saturated carbocycles. The van der Waals surface area contributed by atoms with Gasteiger partial charge in [-0.05, 0) is 47.2 Å². The van der Waals surface area contributed by atoms with Crippen LogP contribution in [0.5, 0.6) is 5.75 Å². The first-order valence-electron chi connectivity index (χ1n) is 9.36. The number of para-hydroxylation sites is 1. The molecule has 1 heterocycles. The van der Waals surface area contributed by atoms with Crippen molar-refractivity contribution in [3.8, 4) is 5.75 Å². The summed E-state index contributed by atoms with van der Waals surface area (Å²) in [5.41, 5.74) is 2.71. The molecule has 30 heavy (non-hydrogen) atoms. The number of halogens is 1. The predicted molar refractivity (Wildman–Crippen MR) is 123 cm³/mol. The first-order valence-corrected chi connectivity index (χ1v) is 11.0. The molecular weight excluding hydrogens is 462 g/mol. The number of ether oxygens (including phenoxy) is 1. The van der Waals surface area contributed by atoms with Crippen LogP contribution in [0.15, 0.2) is 88.2 Å². The fraction of sp³-hybridized carbons (Fsp3) is 0.0833. The summed E-state index contributed by atoms with van der Waals surface area (Å²) in [7, 11) is 0. The van der Waals surface area contributed by atoms with Crippen molar-refractivity contribution in [3.63, 3.8) is 0 Å². The second-order valence-corrected chi connectivity index (χ2v) is 8.62. The van der Waals surface area contributed by atoms with Crippen molar-refractivity contribution in [2.75, 3.05) is 0 Å². The first-order chi connectivity index (χ1) is 14.6. The Kier molecular flexibility index (Phi) is 6.35. The Morgan fingerprint density at radius 3 is 2.43 bits per heavy atom. The highest BCUT2D eigenvalue weighted by atomic mass is 79.9. The molecule has 0 aliphatic carbocycles. The Bertz CT molecular complexity index is 1110. The lowest BCUT2D eigenvalue weighted by molar-refractivity contribution is -0.123. The molecule has 0 aromatic heterocycles. The van der Waals surface area contributed by atoms with Crippen molar-refractivity contribution in [1.29, 1.82) is 0 Å². The lowest BCUT2D eigenvalue weighted by Crippen LogP contribution is -2.27. The van der Waals surface area contributed by atoms with Crippen LogP contribution in [0.4, 0.5) is 4.79 Å². The van der Waals surface area contributed by atoms with Crippen LogP contribution in [0, 0.1) is 0 Å². The highest BCUT2D eigenvalue weighted by Crippen LogP contribution is 2.35. The molecular formula is C24H18BrNO3S. The van der Waals surface area contributed by atoms with Gasteiger partial charge in [0.05, 0.1) is 11.4 Å². The molecule has 1 aliphatic heterocycles. The molecule has 2 amide bonds. The van der Waals surface area contributed by atoms with E-state index in [0.29, 0.717) is 17.3 Å². The summed E-state index contributed by atoms with van der Waals surface area (Å²) < 4.78 is 6.87. The van der Waals surface area contributed by atoms with Gasteiger partial charge >= 0.3 is 0 Å². The van der Waals surface area contributed by atoms with Crippen LogP contribution in [0.1, 0.15) is 16.7 Å². The van der Waals surface area contributed by atoms with Gasteiger partial charge in [0.2, 0.25) is 0 Å². The Labute approximate surface area is 187 Å². The van der Waals surface area contributed by atoms with E-state index in [4.69, 9.17) is 4.74 Å². The molecule has 0 atom stereocenters. The molecule has 1 fully saturated rings. The fourth-order valence-electron chi connectivity index (χ4n) is 3.06. The van der Waals surface area contributed by atoms with Crippen LogP contribution in [-0.4, -0.2) is 16.0 Å². The number of imide groups is 1. The van der Waals surface area contributed by atoms with Gasteiger partial charge in [-0.1, -0.05) is 76.6 Å². The van der Waals surface area contributed by atoms with Crippen LogP contribution in [0.25, 0.3) is 6.08 Å². The van der Waals surface area contributed by atoms with E-state index in [1.54, 1.807) is 6.08 Å². The lowest BCUT2D eigenvalue weighted by Gasteiger charge is -2.12. The van der Waals surface area contributed by atoms with E-state index in [0.717, 1.165) is 32.9 Å². The van der Waals surface area contributed by atoms with Gasteiger partial charge in [0.15, 0.2) is 0 Å². The number of rotatable bonds is 6. The summed E-state index contributed by atoms with van der Waals surface area (Å²) in [5, 5.41) is -0.270. The summed E-state index contributed by atoms with van der Waals surface area (Å²) in [5.74, 6) is 0.378. The van der Waals surface area contributed by atoms with E-state index in [9.17, 15) is 9.59 Å². The summed E-state index contributed by atoms with van der Waals surface area (Å²) in [6.07, 6.45) is 1.73. The first kappa shape index (κ1) is 20.4. The van der Waals surface area contributed by atoms with Gasteiger partial charge in [-0.3, -0.25) is 14.5 Å². The zero-order chi connectivity index (χ0) is 20.9. The molecule has 4 nitrogen and oxygen atoms in total. The van der Waals surface area contributed by atoms with Crippen molar-refractivity contribution < 1.29 is 14.3 Å². The zero-order valence-electron chi connectivity index (χ0n) is 16.0. The summed E-state index contributed by atoms with van der Waals surface area (Å²) in [6.45, 7) is 0.670. The number of thioether (sulfide) groups is 1. The van der Waals surface area contributed by atoms with Crippen molar-refractivity contribution in [1.82, 2.24) is 4.90 Å². The summed E-state index contributed by atoms with van der Waals surface area (Å²) >= 11 is 4.37. The number of hydrogen-bond donors (Lipinski definition) is 0. The third-order valence-electron chi connectivity index (χ3n) is 4.55. The van der Waals surface area contributed by atoms with Crippen LogP contribution in [-0.2, 0) is 17.9 Å². The minimum absolute atomic E-state index is 0.244. The van der Waals surface area contributed by atoms with Crippen molar-refractivity contribution in [2.45, 2.75) is 13.2 Å². The fourth-order valence-corrected chi connectivity index (χ4v) is 4.34. The van der Waals surface area contributed by atoms with Crippen LogP contribution in [0.3, 0.4) is 0 Å². The number of amides is 2. The molecule has 4 rings (SSSR count). The Morgan fingerprint density at radius 1 is 0.900 bits per heavy atom. The van der Waals surface area contributed by atoms with Gasteiger partial charge in [-0.2, -0.15) is 0 Å². The number of benzene rings is 3. The molecule has 3 aromatic rings. The second-order valence-electron chi connectivity index (χ2n) is 6.71. The van der Waals surface area contributed by atoms with Gasteiger partial charge in [0, 0.05) is 10.0 Å². The van der Waals surface area contributed by atoms with Gasteiger partial charge in [-0.25, -0.2) is 0 Å². The summed E-state index contributed by atoms with van der Waals surface area (Å²) in [6, 6.07) is 25.0. The SMILES string of the molecule is O=C1S/C(=C/c2ccccc2OCc2ccccc2)C(=O)N1Cc1cccc(Br)c1. The Morgan fingerprint density at radius 2 is 1.63 bits per heavy atom. The predicted octanol–water partition coefficient (Wildman–Crippen LogP) is 6.26. The van der Waals surface area contributed by atoms with Crippen molar-refractivity contribution in [3.05, 3.63) is 105 Å². The third kappa shape index (κ3) is 4.83. The molecule has 1 saturated heterocycles. The van der Waals surface area contributed by atoms with Gasteiger partial charge < -0.3 is 4.74 Å². The highest BCUT2D eigenvalue weighted by molar-refractivity contribution is 9.10. The van der Waals surface area contributed by atoms with Gasteiger partial charge in [0.25, 0.3) is 11.1 Å². The number of carbonyl (C=O) groups is 2. The molecule has 150 valence electrons. The second kappa shape index (κ2) is 9.32. The van der Waals surface area contributed by atoms with E-state index >= 15 is 0 Å². The minimum atomic E-state index is -0.289. The van der Waals surface area contributed by atoms with Gasteiger partial charge in [0.1, 0.15) is 12.4 Å².